The van der Waals surface area contributed by atoms with Gasteiger partial charge < -0.3 is 10.2 Å². The van der Waals surface area contributed by atoms with Crippen molar-refractivity contribution in [2.75, 3.05) is 26.7 Å². The highest BCUT2D eigenvalue weighted by molar-refractivity contribution is 5.77. The van der Waals surface area contributed by atoms with Crippen molar-refractivity contribution in [3.05, 3.63) is 0 Å². The second kappa shape index (κ2) is 7.66. The first-order chi connectivity index (χ1) is 7.74. The third kappa shape index (κ3) is 4.97. The van der Waals surface area contributed by atoms with Gasteiger partial charge >= 0.3 is 0 Å². The molecule has 0 aromatic heterocycles. The number of rotatable bonds is 6. The van der Waals surface area contributed by atoms with Crippen molar-refractivity contribution in [3.8, 4) is 0 Å². The summed E-state index contributed by atoms with van der Waals surface area (Å²) in [6.45, 7) is 4.50. The molecule has 0 atom stereocenters. The Morgan fingerprint density at radius 3 is 2.62 bits per heavy atom. The number of hydrogen-bond donors (Lipinski definition) is 1. The number of carbonyl (C=O) groups excluding carboxylic acids is 1. The molecule has 0 radical (unpaired) electrons. The Kier molecular flexibility index (Phi) is 6.46. The fraction of sp³-hybridized carbons (Fsp3) is 0.923. The van der Waals surface area contributed by atoms with Crippen LogP contribution in [0.2, 0.25) is 0 Å². The molecule has 0 saturated heterocycles. The summed E-state index contributed by atoms with van der Waals surface area (Å²) in [5.74, 6) is 0.980. The van der Waals surface area contributed by atoms with Crippen molar-refractivity contribution >= 4 is 5.91 Å². The van der Waals surface area contributed by atoms with Crippen LogP contribution >= 0.6 is 0 Å². The molecule has 1 saturated carbocycles. The van der Waals surface area contributed by atoms with Gasteiger partial charge in [0.2, 0.25) is 5.91 Å². The van der Waals surface area contributed by atoms with E-state index in [0.29, 0.717) is 6.54 Å². The van der Waals surface area contributed by atoms with E-state index in [-0.39, 0.29) is 5.91 Å². The Labute approximate surface area is 99.6 Å². The smallest absolute Gasteiger partial charge is 0.236 e. The van der Waals surface area contributed by atoms with E-state index in [1.807, 2.05) is 11.9 Å². The average molecular weight is 226 g/mol. The maximum absolute atomic E-state index is 11.8. The summed E-state index contributed by atoms with van der Waals surface area (Å²) in [6, 6.07) is 0. The van der Waals surface area contributed by atoms with Crippen molar-refractivity contribution in [1.29, 1.82) is 0 Å². The minimum atomic E-state index is 0.235. The summed E-state index contributed by atoms with van der Waals surface area (Å²) in [6.07, 6.45) is 7.77. The molecule has 1 amide bonds. The van der Waals surface area contributed by atoms with E-state index >= 15 is 0 Å². The minimum Gasteiger partial charge on any atom is -0.344 e. The molecule has 0 aromatic carbocycles. The molecule has 0 aromatic rings. The first-order valence-electron chi connectivity index (χ1n) is 6.68. The summed E-state index contributed by atoms with van der Waals surface area (Å²) < 4.78 is 0. The normalized spacial score (nSPS) is 17.4. The second-order valence-corrected chi connectivity index (χ2v) is 4.96. The van der Waals surface area contributed by atoms with Gasteiger partial charge in [0, 0.05) is 13.6 Å². The molecular formula is C13H26N2O. The lowest BCUT2D eigenvalue weighted by Gasteiger charge is -2.27. The SMILES string of the molecule is CCCNCC(=O)N(C)CC1CCCCC1. The predicted octanol–water partition coefficient (Wildman–Crippen LogP) is 2.02. The Bertz CT molecular complexity index is 200. The van der Waals surface area contributed by atoms with Crippen LogP contribution < -0.4 is 5.32 Å². The first-order valence-corrected chi connectivity index (χ1v) is 6.68. The van der Waals surface area contributed by atoms with Crippen LogP contribution in [0.4, 0.5) is 0 Å². The van der Waals surface area contributed by atoms with Gasteiger partial charge in [0.1, 0.15) is 0 Å². The van der Waals surface area contributed by atoms with E-state index < -0.39 is 0 Å². The number of nitrogens with zero attached hydrogens (tertiary/aromatic N) is 1. The molecule has 1 rings (SSSR count). The summed E-state index contributed by atoms with van der Waals surface area (Å²) in [7, 11) is 1.94. The van der Waals surface area contributed by atoms with E-state index in [1.54, 1.807) is 0 Å². The van der Waals surface area contributed by atoms with Crippen molar-refractivity contribution < 1.29 is 4.79 Å². The lowest BCUT2D eigenvalue weighted by molar-refractivity contribution is -0.129. The highest BCUT2D eigenvalue weighted by atomic mass is 16.2. The van der Waals surface area contributed by atoms with Crippen molar-refractivity contribution in [3.63, 3.8) is 0 Å². The van der Waals surface area contributed by atoms with E-state index in [4.69, 9.17) is 0 Å². The third-order valence-electron chi connectivity index (χ3n) is 3.39. The van der Waals surface area contributed by atoms with Crippen molar-refractivity contribution in [1.82, 2.24) is 10.2 Å². The molecule has 1 aliphatic rings. The van der Waals surface area contributed by atoms with Crippen molar-refractivity contribution in [2.45, 2.75) is 45.4 Å². The third-order valence-corrected chi connectivity index (χ3v) is 3.39. The van der Waals surface area contributed by atoms with Crippen LogP contribution in [-0.2, 0) is 4.79 Å². The van der Waals surface area contributed by atoms with E-state index in [9.17, 15) is 4.79 Å². The number of likely N-dealkylation sites (N-methyl/N-ethyl adjacent to an activating group) is 1. The maximum atomic E-state index is 11.8. The van der Waals surface area contributed by atoms with Crippen molar-refractivity contribution in [2.24, 2.45) is 5.92 Å². The first kappa shape index (κ1) is 13.5. The molecule has 1 fully saturated rings. The van der Waals surface area contributed by atoms with Gasteiger partial charge in [-0.15, -0.1) is 0 Å². The fourth-order valence-corrected chi connectivity index (χ4v) is 2.37. The van der Waals surface area contributed by atoms with Crippen LogP contribution in [0, 0.1) is 5.92 Å². The average Bonchev–Trinajstić information content (AvgIpc) is 2.30. The quantitative estimate of drug-likeness (QED) is 0.703. The van der Waals surface area contributed by atoms with Crippen LogP contribution in [0.15, 0.2) is 0 Å². The molecule has 0 aliphatic heterocycles. The Morgan fingerprint density at radius 1 is 1.31 bits per heavy atom. The molecular weight excluding hydrogens is 200 g/mol. The van der Waals surface area contributed by atoms with Crippen LogP contribution in [0.3, 0.4) is 0 Å². The molecule has 0 bridgehead atoms. The minimum absolute atomic E-state index is 0.235. The zero-order valence-electron chi connectivity index (χ0n) is 10.8. The molecule has 16 heavy (non-hydrogen) atoms. The second-order valence-electron chi connectivity index (χ2n) is 4.96. The molecule has 1 aliphatic carbocycles. The molecule has 0 heterocycles. The van der Waals surface area contributed by atoms with Crippen LogP contribution in [0.25, 0.3) is 0 Å². The highest BCUT2D eigenvalue weighted by Gasteiger charge is 2.17. The van der Waals surface area contributed by atoms with Gasteiger partial charge in [-0.2, -0.15) is 0 Å². The van der Waals surface area contributed by atoms with E-state index in [0.717, 1.165) is 25.4 Å². The lowest BCUT2D eigenvalue weighted by Crippen LogP contribution is -2.38. The summed E-state index contributed by atoms with van der Waals surface area (Å²) in [5.41, 5.74) is 0. The van der Waals surface area contributed by atoms with Gasteiger partial charge in [0.15, 0.2) is 0 Å². The molecule has 94 valence electrons. The van der Waals surface area contributed by atoms with Gasteiger partial charge in [-0.05, 0) is 31.7 Å². The zero-order valence-corrected chi connectivity index (χ0v) is 10.8. The molecule has 0 spiro atoms. The van der Waals surface area contributed by atoms with Gasteiger partial charge in [-0.3, -0.25) is 4.79 Å². The van der Waals surface area contributed by atoms with E-state index in [1.165, 1.54) is 32.1 Å². The zero-order chi connectivity index (χ0) is 11.8. The predicted molar refractivity (Wildman–Crippen MR) is 67.4 cm³/mol. The summed E-state index contributed by atoms with van der Waals surface area (Å²) in [4.78, 5) is 13.7. The number of nitrogens with one attached hydrogen (secondary N) is 1. The van der Waals surface area contributed by atoms with Gasteiger partial charge in [-0.25, -0.2) is 0 Å². The van der Waals surface area contributed by atoms with Gasteiger partial charge in [0.25, 0.3) is 0 Å². The van der Waals surface area contributed by atoms with Crippen LogP contribution in [0.1, 0.15) is 45.4 Å². The summed E-state index contributed by atoms with van der Waals surface area (Å²) >= 11 is 0. The molecule has 1 N–H and O–H groups in total. The van der Waals surface area contributed by atoms with Crippen LogP contribution in [-0.4, -0.2) is 37.5 Å². The van der Waals surface area contributed by atoms with Gasteiger partial charge in [0.05, 0.1) is 6.54 Å². The topological polar surface area (TPSA) is 32.3 Å². The lowest BCUT2D eigenvalue weighted by atomic mass is 9.89. The number of carbonyl (C=O) groups is 1. The maximum Gasteiger partial charge on any atom is 0.236 e. The molecule has 3 nitrogen and oxygen atoms in total. The standard InChI is InChI=1S/C13H26N2O/c1-3-9-14-10-13(16)15(2)11-12-7-5-4-6-8-12/h12,14H,3-11H2,1-2H3. The Balaban J connectivity index is 2.16. The number of hydrogen-bond acceptors (Lipinski definition) is 2. The largest absolute Gasteiger partial charge is 0.344 e. The Hall–Kier alpha value is -0.570. The van der Waals surface area contributed by atoms with E-state index in [2.05, 4.69) is 12.2 Å². The van der Waals surface area contributed by atoms with Crippen LogP contribution in [0.5, 0.6) is 0 Å². The highest BCUT2D eigenvalue weighted by Crippen LogP contribution is 2.23. The molecule has 3 heteroatoms. The Morgan fingerprint density at radius 2 is 2.00 bits per heavy atom. The van der Waals surface area contributed by atoms with Gasteiger partial charge in [-0.1, -0.05) is 26.2 Å². The fourth-order valence-electron chi connectivity index (χ4n) is 2.37. The monoisotopic (exact) mass is 226 g/mol. The number of amides is 1. The molecule has 0 unspecified atom stereocenters. The summed E-state index contributed by atoms with van der Waals surface area (Å²) in [5, 5.41) is 3.16.